The molecule has 23 heavy (non-hydrogen) atoms. The number of carbonyl (C=O) groups excluding carboxylic acids is 2. The van der Waals surface area contributed by atoms with Crippen LogP contribution in [-0.4, -0.2) is 44.3 Å². The predicted octanol–water partition coefficient (Wildman–Crippen LogP) is 1.15. The van der Waals surface area contributed by atoms with Crippen molar-refractivity contribution >= 4 is 17.7 Å². The number of anilines is 1. The number of hydrogen-bond acceptors (Lipinski definition) is 4. The van der Waals surface area contributed by atoms with Crippen LogP contribution in [0, 0.1) is 5.82 Å². The van der Waals surface area contributed by atoms with Crippen LogP contribution in [0.25, 0.3) is 0 Å². The van der Waals surface area contributed by atoms with Crippen molar-refractivity contribution in [1.82, 2.24) is 10.6 Å². The second kappa shape index (κ2) is 5.81. The Hall–Kier alpha value is -2.15. The summed E-state index contributed by atoms with van der Waals surface area (Å²) in [5.74, 6) is -0.498. The van der Waals surface area contributed by atoms with Crippen molar-refractivity contribution < 1.29 is 18.7 Å². The van der Waals surface area contributed by atoms with Crippen molar-refractivity contribution in [3.05, 3.63) is 29.6 Å². The molecular weight excluding hydrogens is 301 g/mol. The number of benzene rings is 1. The van der Waals surface area contributed by atoms with Gasteiger partial charge >= 0.3 is 6.09 Å². The molecule has 2 heterocycles. The van der Waals surface area contributed by atoms with E-state index in [4.69, 9.17) is 4.74 Å². The Kier molecular flexibility index (Phi) is 3.97. The lowest BCUT2D eigenvalue weighted by atomic mass is 9.77. The zero-order valence-corrected chi connectivity index (χ0v) is 13.2. The number of cyclic esters (lactones) is 1. The first kappa shape index (κ1) is 15.7. The highest BCUT2D eigenvalue weighted by molar-refractivity contribution is 5.89. The summed E-state index contributed by atoms with van der Waals surface area (Å²) in [7, 11) is 0. The zero-order chi connectivity index (χ0) is 16.6. The van der Waals surface area contributed by atoms with Gasteiger partial charge in [0.25, 0.3) is 0 Å². The maximum Gasteiger partial charge on any atom is 0.414 e. The molecule has 2 N–H and O–H groups in total. The molecule has 124 valence electrons. The lowest BCUT2D eigenvalue weighted by molar-refractivity contribution is -0.119. The summed E-state index contributed by atoms with van der Waals surface area (Å²) >= 11 is 0. The molecule has 3 rings (SSSR count). The molecule has 2 fully saturated rings. The maximum absolute atomic E-state index is 14.4. The Morgan fingerprint density at radius 1 is 1.52 bits per heavy atom. The monoisotopic (exact) mass is 321 g/mol. The molecule has 0 bridgehead atoms. The fraction of sp³-hybridized carbons (Fsp3) is 0.500. The van der Waals surface area contributed by atoms with Crippen molar-refractivity contribution in [2.24, 2.45) is 0 Å². The van der Waals surface area contributed by atoms with Gasteiger partial charge in [-0.05, 0) is 17.7 Å². The highest BCUT2D eigenvalue weighted by Gasteiger charge is 2.37. The summed E-state index contributed by atoms with van der Waals surface area (Å²) < 4.78 is 19.6. The van der Waals surface area contributed by atoms with Crippen LogP contribution in [0.2, 0.25) is 0 Å². The van der Waals surface area contributed by atoms with Crippen molar-refractivity contribution in [2.75, 3.05) is 31.1 Å². The third kappa shape index (κ3) is 3.01. The van der Waals surface area contributed by atoms with Gasteiger partial charge in [-0.2, -0.15) is 0 Å². The highest BCUT2D eigenvalue weighted by Crippen LogP contribution is 2.32. The number of ether oxygens (including phenoxy) is 1. The van der Waals surface area contributed by atoms with E-state index in [9.17, 15) is 14.0 Å². The van der Waals surface area contributed by atoms with Crippen molar-refractivity contribution in [2.45, 2.75) is 25.4 Å². The molecule has 0 radical (unpaired) electrons. The van der Waals surface area contributed by atoms with Gasteiger partial charge in [-0.15, -0.1) is 0 Å². The van der Waals surface area contributed by atoms with Crippen molar-refractivity contribution in [1.29, 1.82) is 0 Å². The lowest BCUT2D eigenvalue weighted by Gasteiger charge is -2.40. The van der Waals surface area contributed by atoms with Gasteiger partial charge in [-0.25, -0.2) is 9.18 Å². The van der Waals surface area contributed by atoms with Crippen LogP contribution in [-0.2, 0) is 14.9 Å². The van der Waals surface area contributed by atoms with Crippen LogP contribution in [0.4, 0.5) is 14.9 Å². The van der Waals surface area contributed by atoms with E-state index in [0.717, 1.165) is 13.1 Å². The molecule has 1 atom stereocenters. The van der Waals surface area contributed by atoms with Gasteiger partial charge in [-0.3, -0.25) is 9.69 Å². The normalized spacial score (nSPS) is 22.5. The molecule has 2 aliphatic heterocycles. The summed E-state index contributed by atoms with van der Waals surface area (Å²) in [5, 5.41) is 5.76. The highest BCUT2D eigenvalue weighted by atomic mass is 19.1. The lowest BCUT2D eigenvalue weighted by Crippen LogP contribution is -2.55. The van der Waals surface area contributed by atoms with E-state index in [1.807, 2.05) is 6.92 Å². The second-order valence-electron chi connectivity index (χ2n) is 6.38. The molecule has 1 aromatic rings. The Balaban J connectivity index is 1.73. The van der Waals surface area contributed by atoms with E-state index in [0.29, 0.717) is 11.3 Å². The molecule has 2 amide bonds. The summed E-state index contributed by atoms with van der Waals surface area (Å²) in [6.45, 7) is 5.44. The van der Waals surface area contributed by atoms with Gasteiger partial charge in [-0.1, -0.05) is 13.0 Å². The number of halogens is 1. The third-order valence-corrected chi connectivity index (χ3v) is 4.40. The van der Waals surface area contributed by atoms with Crippen molar-refractivity contribution in [3.8, 4) is 0 Å². The molecule has 0 aliphatic carbocycles. The first-order valence-corrected chi connectivity index (χ1v) is 7.62. The molecule has 7 heteroatoms. The molecular formula is C16H20FN3O3. The van der Waals surface area contributed by atoms with E-state index in [1.165, 1.54) is 17.9 Å². The maximum atomic E-state index is 14.4. The first-order chi connectivity index (χ1) is 10.9. The largest absolute Gasteiger partial charge is 0.442 e. The summed E-state index contributed by atoms with van der Waals surface area (Å²) in [4.78, 5) is 24.3. The van der Waals surface area contributed by atoms with E-state index in [1.54, 1.807) is 12.1 Å². The molecule has 0 saturated carbocycles. The van der Waals surface area contributed by atoms with Gasteiger partial charge in [0, 0.05) is 25.4 Å². The van der Waals surface area contributed by atoms with Crippen LogP contribution < -0.4 is 15.5 Å². The number of amides is 2. The Bertz CT molecular complexity index is 645. The molecule has 2 aliphatic rings. The minimum absolute atomic E-state index is 0.183. The third-order valence-electron chi connectivity index (χ3n) is 4.40. The number of carbonyl (C=O) groups is 2. The average Bonchev–Trinajstić information content (AvgIpc) is 2.84. The zero-order valence-electron chi connectivity index (χ0n) is 13.2. The standard InChI is InChI=1S/C16H20FN3O3/c1-10(21)19-6-12-7-20(15(22)23-12)11-3-4-13(14(17)5-11)16(2)8-18-9-16/h3-5,12,18H,6-9H2,1-2H3,(H,19,21). The van der Waals surface area contributed by atoms with Crippen LogP contribution in [0.5, 0.6) is 0 Å². The molecule has 1 aromatic carbocycles. The van der Waals surface area contributed by atoms with E-state index in [-0.39, 0.29) is 30.2 Å². The van der Waals surface area contributed by atoms with E-state index >= 15 is 0 Å². The van der Waals surface area contributed by atoms with Gasteiger partial charge < -0.3 is 15.4 Å². The Labute approximate surface area is 134 Å². The van der Waals surface area contributed by atoms with Gasteiger partial charge in [0.15, 0.2) is 0 Å². The number of nitrogens with one attached hydrogen (secondary N) is 2. The number of hydrogen-bond donors (Lipinski definition) is 2. The average molecular weight is 321 g/mol. The van der Waals surface area contributed by atoms with Gasteiger partial charge in [0.1, 0.15) is 11.9 Å². The molecule has 0 spiro atoms. The van der Waals surface area contributed by atoms with Crippen LogP contribution in [0.1, 0.15) is 19.4 Å². The fourth-order valence-electron chi connectivity index (χ4n) is 2.95. The van der Waals surface area contributed by atoms with Crippen LogP contribution >= 0.6 is 0 Å². The van der Waals surface area contributed by atoms with Crippen molar-refractivity contribution in [3.63, 3.8) is 0 Å². The van der Waals surface area contributed by atoms with E-state index in [2.05, 4.69) is 10.6 Å². The van der Waals surface area contributed by atoms with E-state index < -0.39 is 12.2 Å². The van der Waals surface area contributed by atoms with Crippen LogP contribution in [0.3, 0.4) is 0 Å². The van der Waals surface area contributed by atoms with Gasteiger partial charge in [0.2, 0.25) is 5.91 Å². The summed E-state index contributed by atoms with van der Waals surface area (Å²) in [5.41, 5.74) is 0.932. The quantitative estimate of drug-likeness (QED) is 0.873. The number of nitrogens with zero attached hydrogens (tertiary/aromatic N) is 1. The molecule has 1 unspecified atom stereocenters. The molecule has 2 saturated heterocycles. The Morgan fingerprint density at radius 2 is 2.26 bits per heavy atom. The molecule has 0 aromatic heterocycles. The van der Waals surface area contributed by atoms with Gasteiger partial charge in [0.05, 0.1) is 18.8 Å². The topological polar surface area (TPSA) is 70.7 Å². The summed E-state index contributed by atoms with van der Waals surface area (Å²) in [6.07, 6.45) is -0.952. The summed E-state index contributed by atoms with van der Waals surface area (Å²) in [6, 6.07) is 4.85. The fourth-order valence-corrected chi connectivity index (χ4v) is 2.95. The molecule has 6 nitrogen and oxygen atoms in total. The SMILES string of the molecule is CC(=O)NCC1CN(c2ccc(C3(C)CNC3)c(F)c2)C(=O)O1. The second-order valence-corrected chi connectivity index (χ2v) is 6.38. The smallest absolute Gasteiger partial charge is 0.414 e. The first-order valence-electron chi connectivity index (χ1n) is 7.62. The minimum Gasteiger partial charge on any atom is -0.442 e. The Morgan fingerprint density at radius 3 is 2.83 bits per heavy atom. The minimum atomic E-state index is -0.524. The van der Waals surface area contributed by atoms with Crippen LogP contribution in [0.15, 0.2) is 18.2 Å². The number of rotatable bonds is 4. The predicted molar refractivity (Wildman–Crippen MR) is 82.9 cm³/mol.